The molecule has 0 saturated carbocycles. The fourth-order valence-electron chi connectivity index (χ4n) is 3.01. The molecule has 1 saturated heterocycles. The molecule has 5 nitrogen and oxygen atoms in total. The molecule has 1 atom stereocenters. The van der Waals surface area contributed by atoms with Gasteiger partial charge in [-0.2, -0.15) is 0 Å². The minimum Gasteiger partial charge on any atom is -0.376 e. The molecule has 0 spiro atoms. The Bertz CT molecular complexity index is 740. The molecule has 26 heavy (non-hydrogen) atoms. The van der Waals surface area contributed by atoms with Crippen molar-refractivity contribution in [2.45, 2.75) is 31.8 Å². The molecule has 136 valence electrons. The smallest absolute Gasteiger partial charge is 0.253 e. The fourth-order valence-corrected chi connectivity index (χ4v) is 3.01. The molecule has 1 fully saturated rings. The number of carbonyl (C=O) groups is 2. The van der Waals surface area contributed by atoms with Crippen molar-refractivity contribution in [1.82, 2.24) is 5.32 Å². The Hall–Kier alpha value is -2.66. The van der Waals surface area contributed by atoms with E-state index in [1.807, 2.05) is 36.4 Å². The summed E-state index contributed by atoms with van der Waals surface area (Å²) in [5.41, 5.74) is 2.12. The number of amides is 2. The summed E-state index contributed by atoms with van der Waals surface area (Å²) in [6.07, 6.45) is 3.13. The average Bonchev–Trinajstić information content (AvgIpc) is 3.19. The van der Waals surface area contributed by atoms with E-state index in [4.69, 9.17) is 4.74 Å². The first kappa shape index (κ1) is 18.1. The van der Waals surface area contributed by atoms with Gasteiger partial charge in [0.05, 0.1) is 17.4 Å². The normalized spacial score (nSPS) is 16.2. The first-order valence-electron chi connectivity index (χ1n) is 9.05. The highest BCUT2D eigenvalue weighted by atomic mass is 16.5. The Kier molecular flexibility index (Phi) is 6.39. The van der Waals surface area contributed by atoms with Crippen LogP contribution in [0.3, 0.4) is 0 Å². The second-order valence-electron chi connectivity index (χ2n) is 6.42. The second-order valence-corrected chi connectivity index (χ2v) is 6.42. The van der Waals surface area contributed by atoms with Crippen molar-refractivity contribution in [1.29, 1.82) is 0 Å². The SMILES string of the molecule is O=C(CCc1ccccc1)Nc1ccccc1C(=O)NC[C@H]1CCCO1. The first-order valence-corrected chi connectivity index (χ1v) is 9.05. The fraction of sp³-hybridized carbons (Fsp3) is 0.333. The highest BCUT2D eigenvalue weighted by Crippen LogP contribution is 2.16. The molecule has 2 N–H and O–H groups in total. The summed E-state index contributed by atoms with van der Waals surface area (Å²) in [5, 5.41) is 5.76. The Morgan fingerprint density at radius 2 is 1.81 bits per heavy atom. The molecule has 0 unspecified atom stereocenters. The van der Waals surface area contributed by atoms with Crippen molar-refractivity contribution < 1.29 is 14.3 Å². The van der Waals surface area contributed by atoms with E-state index in [-0.39, 0.29) is 17.9 Å². The number of anilines is 1. The molecule has 0 aromatic heterocycles. The van der Waals surface area contributed by atoms with Crippen molar-refractivity contribution in [3.8, 4) is 0 Å². The Morgan fingerprint density at radius 3 is 2.58 bits per heavy atom. The van der Waals surface area contributed by atoms with Gasteiger partial charge in [0.25, 0.3) is 5.91 Å². The standard InChI is InChI=1S/C21H24N2O3/c24-20(13-12-16-7-2-1-3-8-16)23-19-11-5-4-10-18(19)21(25)22-15-17-9-6-14-26-17/h1-5,7-8,10-11,17H,6,9,12-15H2,(H,22,25)(H,23,24)/t17-/m1/s1. The molecule has 1 aliphatic heterocycles. The number of ether oxygens (including phenoxy) is 1. The lowest BCUT2D eigenvalue weighted by atomic mass is 10.1. The third-order valence-corrected chi connectivity index (χ3v) is 4.44. The van der Waals surface area contributed by atoms with Gasteiger partial charge in [-0.25, -0.2) is 0 Å². The predicted octanol–water partition coefficient (Wildman–Crippen LogP) is 3.17. The Labute approximate surface area is 153 Å². The first-order chi connectivity index (χ1) is 12.7. The van der Waals surface area contributed by atoms with Gasteiger partial charge in [0.15, 0.2) is 0 Å². The summed E-state index contributed by atoms with van der Waals surface area (Å²) in [7, 11) is 0. The quantitative estimate of drug-likeness (QED) is 0.804. The van der Waals surface area contributed by atoms with Crippen molar-refractivity contribution in [3.63, 3.8) is 0 Å². The minimum atomic E-state index is -0.195. The van der Waals surface area contributed by atoms with E-state index in [9.17, 15) is 9.59 Å². The summed E-state index contributed by atoms with van der Waals surface area (Å²) < 4.78 is 5.52. The second kappa shape index (κ2) is 9.15. The van der Waals surface area contributed by atoms with Crippen LogP contribution in [0.1, 0.15) is 35.2 Å². The van der Waals surface area contributed by atoms with E-state index < -0.39 is 0 Å². The van der Waals surface area contributed by atoms with Gasteiger partial charge >= 0.3 is 0 Å². The Morgan fingerprint density at radius 1 is 1.04 bits per heavy atom. The van der Waals surface area contributed by atoms with Crippen LogP contribution in [0.25, 0.3) is 0 Å². The number of para-hydroxylation sites is 1. The number of carbonyl (C=O) groups excluding carboxylic acids is 2. The minimum absolute atomic E-state index is 0.0894. The van der Waals surface area contributed by atoms with Gasteiger partial charge in [-0.05, 0) is 37.0 Å². The van der Waals surface area contributed by atoms with Crippen LogP contribution in [0.5, 0.6) is 0 Å². The zero-order chi connectivity index (χ0) is 18.2. The van der Waals surface area contributed by atoms with E-state index in [1.165, 1.54) is 0 Å². The largest absolute Gasteiger partial charge is 0.376 e. The van der Waals surface area contributed by atoms with E-state index in [0.29, 0.717) is 30.6 Å². The molecular weight excluding hydrogens is 328 g/mol. The molecule has 3 rings (SSSR count). The Balaban J connectivity index is 1.55. The van der Waals surface area contributed by atoms with Gasteiger partial charge in [-0.3, -0.25) is 9.59 Å². The topological polar surface area (TPSA) is 67.4 Å². The van der Waals surface area contributed by atoms with Gasteiger partial charge in [0, 0.05) is 19.6 Å². The number of benzene rings is 2. The van der Waals surface area contributed by atoms with E-state index in [1.54, 1.807) is 18.2 Å². The monoisotopic (exact) mass is 352 g/mol. The highest BCUT2D eigenvalue weighted by Gasteiger charge is 2.18. The summed E-state index contributed by atoms with van der Waals surface area (Å²) in [6, 6.07) is 16.9. The molecule has 1 aliphatic rings. The molecule has 5 heteroatoms. The van der Waals surface area contributed by atoms with Crippen LogP contribution in [0.15, 0.2) is 54.6 Å². The molecule has 0 bridgehead atoms. The lowest BCUT2D eigenvalue weighted by Gasteiger charge is -2.14. The lowest BCUT2D eigenvalue weighted by Crippen LogP contribution is -2.32. The molecule has 2 aromatic rings. The van der Waals surface area contributed by atoms with E-state index >= 15 is 0 Å². The molecule has 0 radical (unpaired) electrons. The van der Waals surface area contributed by atoms with Crippen molar-refractivity contribution in [2.24, 2.45) is 0 Å². The molecule has 2 aromatic carbocycles. The zero-order valence-corrected chi connectivity index (χ0v) is 14.7. The lowest BCUT2D eigenvalue weighted by molar-refractivity contribution is -0.116. The maximum atomic E-state index is 12.5. The number of rotatable bonds is 7. The molecule has 2 amide bonds. The molecule has 1 heterocycles. The maximum Gasteiger partial charge on any atom is 0.253 e. The van der Waals surface area contributed by atoms with Crippen molar-refractivity contribution in [3.05, 3.63) is 65.7 Å². The van der Waals surface area contributed by atoms with Crippen molar-refractivity contribution >= 4 is 17.5 Å². The summed E-state index contributed by atoms with van der Waals surface area (Å²) >= 11 is 0. The average molecular weight is 352 g/mol. The zero-order valence-electron chi connectivity index (χ0n) is 14.7. The van der Waals surface area contributed by atoms with Crippen LogP contribution in [-0.2, 0) is 16.0 Å². The number of aryl methyl sites for hydroxylation is 1. The number of nitrogens with one attached hydrogen (secondary N) is 2. The summed E-state index contributed by atoms with van der Waals surface area (Å²) in [5.74, 6) is -0.298. The van der Waals surface area contributed by atoms with Gasteiger partial charge in [0.2, 0.25) is 5.91 Å². The number of hydrogen-bond donors (Lipinski definition) is 2. The maximum absolute atomic E-state index is 12.5. The molecular formula is C21H24N2O3. The van der Waals surface area contributed by atoms with Crippen LogP contribution in [0.4, 0.5) is 5.69 Å². The third kappa shape index (κ3) is 5.17. The van der Waals surface area contributed by atoms with Crippen LogP contribution in [-0.4, -0.2) is 31.1 Å². The van der Waals surface area contributed by atoms with Crippen LogP contribution < -0.4 is 10.6 Å². The van der Waals surface area contributed by atoms with E-state index in [2.05, 4.69) is 10.6 Å². The predicted molar refractivity (Wildman–Crippen MR) is 101 cm³/mol. The number of hydrogen-bond acceptors (Lipinski definition) is 3. The van der Waals surface area contributed by atoms with Crippen LogP contribution in [0.2, 0.25) is 0 Å². The summed E-state index contributed by atoms with van der Waals surface area (Å²) in [6.45, 7) is 1.25. The third-order valence-electron chi connectivity index (χ3n) is 4.44. The van der Waals surface area contributed by atoms with Crippen molar-refractivity contribution in [2.75, 3.05) is 18.5 Å². The van der Waals surface area contributed by atoms with Crippen LogP contribution >= 0.6 is 0 Å². The van der Waals surface area contributed by atoms with Crippen LogP contribution in [0, 0.1) is 0 Å². The van der Waals surface area contributed by atoms with Gasteiger partial charge in [0.1, 0.15) is 0 Å². The van der Waals surface area contributed by atoms with Gasteiger partial charge in [-0.1, -0.05) is 42.5 Å². The van der Waals surface area contributed by atoms with Gasteiger partial charge in [-0.15, -0.1) is 0 Å². The van der Waals surface area contributed by atoms with Gasteiger partial charge < -0.3 is 15.4 Å². The molecule has 0 aliphatic carbocycles. The summed E-state index contributed by atoms with van der Waals surface area (Å²) in [4.78, 5) is 24.7. The highest BCUT2D eigenvalue weighted by molar-refractivity contribution is 6.03. The van der Waals surface area contributed by atoms with E-state index in [0.717, 1.165) is 25.0 Å².